The van der Waals surface area contributed by atoms with E-state index < -0.39 is 0 Å². The minimum absolute atomic E-state index is 0.00296. The smallest absolute Gasteiger partial charge is 0.269 e. The van der Waals surface area contributed by atoms with E-state index in [2.05, 4.69) is 21.7 Å². The molecule has 0 fully saturated rings. The number of nitro groups is 1. The number of benzene rings is 2. The molecule has 7 nitrogen and oxygen atoms in total. The Morgan fingerprint density at radius 3 is 2.62 bits per heavy atom. The number of nitro benzene ring substituents is 1. The van der Waals surface area contributed by atoms with Gasteiger partial charge < -0.3 is 9.30 Å². The molecular formula is C21H24N4O3S. The third-order valence-electron chi connectivity index (χ3n) is 4.63. The summed E-state index contributed by atoms with van der Waals surface area (Å²) >= 11 is 1.56. The van der Waals surface area contributed by atoms with Crippen LogP contribution in [0.1, 0.15) is 37.5 Å². The summed E-state index contributed by atoms with van der Waals surface area (Å²) in [6.07, 6.45) is 2.07. The van der Waals surface area contributed by atoms with Gasteiger partial charge in [-0.05, 0) is 43.2 Å². The summed E-state index contributed by atoms with van der Waals surface area (Å²) in [6, 6.07) is 14.5. The maximum absolute atomic E-state index is 11.1. The van der Waals surface area contributed by atoms with Crippen molar-refractivity contribution in [3.05, 3.63) is 64.2 Å². The second kappa shape index (κ2) is 9.56. The topological polar surface area (TPSA) is 83.1 Å². The van der Waals surface area contributed by atoms with E-state index in [9.17, 15) is 10.1 Å². The molecule has 1 atom stereocenters. The Hall–Kier alpha value is -2.87. The molecule has 0 saturated heterocycles. The summed E-state index contributed by atoms with van der Waals surface area (Å²) in [5.74, 6) is 1.61. The van der Waals surface area contributed by atoms with E-state index in [0.717, 1.165) is 47.2 Å². The molecular weight excluding hydrogens is 388 g/mol. The van der Waals surface area contributed by atoms with Gasteiger partial charge >= 0.3 is 0 Å². The van der Waals surface area contributed by atoms with Crippen LogP contribution in [0.5, 0.6) is 5.75 Å². The number of aromatic nitrogens is 3. The molecule has 0 amide bonds. The zero-order chi connectivity index (χ0) is 20.8. The van der Waals surface area contributed by atoms with Crippen LogP contribution in [0.3, 0.4) is 0 Å². The normalized spacial score (nSPS) is 12.0. The van der Waals surface area contributed by atoms with Crippen LogP contribution in [0.4, 0.5) is 5.69 Å². The SMILES string of the molecule is CCCCn1c(S[C@@H](C)c2cccc([N+](=O)[O-])c2)nnc1-c1ccc(OC)cc1. The van der Waals surface area contributed by atoms with Gasteiger partial charge in [-0.3, -0.25) is 10.1 Å². The Bertz CT molecular complexity index is 972. The van der Waals surface area contributed by atoms with Crippen LogP contribution < -0.4 is 4.74 Å². The van der Waals surface area contributed by atoms with Gasteiger partial charge in [-0.15, -0.1) is 10.2 Å². The number of ether oxygens (including phenoxy) is 1. The first-order valence-electron chi connectivity index (χ1n) is 9.52. The molecule has 2 aromatic carbocycles. The lowest BCUT2D eigenvalue weighted by atomic mass is 10.1. The third kappa shape index (κ3) is 4.95. The maximum Gasteiger partial charge on any atom is 0.269 e. The summed E-state index contributed by atoms with van der Waals surface area (Å²) < 4.78 is 7.37. The van der Waals surface area contributed by atoms with Gasteiger partial charge in [0.2, 0.25) is 0 Å². The Balaban J connectivity index is 1.89. The first-order valence-corrected chi connectivity index (χ1v) is 10.4. The highest BCUT2D eigenvalue weighted by Gasteiger charge is 2.19. The van der Waals surface area contributed by atoms with Gasteiger partial charge in [-0.25, -0.2) is 0 Å². The molecule has 0 spiro atoms. The maximum atomic E-state index is 11.1. The van der Waals surface area contributed by atoms with E-state index in [1.54, 1.807) is 31.0 Å². The van der Waals surface area contributed by atoms with Gasteiger partial charge in [-0.2, -0.15) is 0 Å². The largest absolute Gasteiger partial charge is 0.497 e. The van der Waals surface area contributed by atoms with Crippen molar-refractivity contribution in [2.45, 2.75) is 43.6 Å². The van der Waals surface area contributed by atoms with E-state index in [-0.39, 0.29) is 15.9 Å². The van der Waals surface area contributed by atoms with Gasteiger partial charge in [0.25, 0.3) is 5.69 Å². The molecule has 0 radical (unpaired) electrons. The van der Waals surface area contributed by atoms with Crippen molar-refractivity contribution >= 4 is 17.4 Å². The molecule has 0 saturated carbocycles. The van der Waals surface area contributed by atoms with Crippen molar-refractivity contribution < 1.29 is 9.66 Å². The molecule has 0 unspecified atom stereocenters. The van der Waals surface area contributed by atoms with E-state index in [1.165, 1.54) is 6.07 Å². The van der Waals surface area contributed by atoms with Crippen LogP contribution in [0.25, 0.3) is 11.4 Å². The second-order valence-electron chi connectivity index (χ2n) is 6.65. The lowest BCUT2D eigenvalue weighted by molar-refractivity contribution is -0.384. The number of unbranched alkanes of at least 4 members (excludes halogenated alkanes) is 1. The van der Waals surface area contributed by atoms with E-state index >= 15 is 0 Å². The second-order valence-corrected chi connectivity index (χ2v) is 7.96. The van der Waals surface area contributed by atoms with Crippen LogP contribution >= 0.6 is 11.8 Å². The molecule has 152 valence electrons. The van der Waals surface area contributed by atoms with Gasteiger partial charge in [0.1, 0.15) is 5.75 Å². The molecule has 29 heavy (non-hydrogen) atoms. The van der Waals surface area contributed by atoms with Crippen molar-refractivity contribution in [3.63, 3.8) is 0 Å². The van der Waals surface area contributed by atoms with Crippen LogP contribution in [0, 0.1) is 10.1 Å². The molecule has 3 aromatic rings. The monoisotopic (exact) mass is 412 g/mol. The molecule has 3 rings (SSSR count). The fourth-order valence-electron chi connectivity index (χ4n) is 2.96. The number of thioether (sulfide) groups is 1. The van der Waals surface area contributed by atoms with Crippen molar-refractivity contribution in [1.82, 2.24) is 14.8 Å². The Labute approximate surface area is 174 Å². The van der Waals surface area contributed by atoms with E-state index in [4.69, 9.17) is 4.74 Å². The number of hydrogen-bond donors (Lipinski definition) is 0. The van der Waals surface area contributed by atoms with E-state index in [0.29, 0.717) is 0 Å². The average molecular weight is 413 g/mol. The lowest BCUT2D eigenvalue weighted by Crippen LogP contribution is -2.03. The highest BCUT2D eigenvalue weighted by atomic mass is 32.2. The number of nitrogens with zero attached hydrogens (tertiary/aromatic N) is 4. The molecule has 1 aromatic heterocycles. The van der Waals surface area contributed by atoms with Crippen molar-refractivity contribution in [1.29, 1.82) is 0 Å². The summed E-state index contributed by atoms with van der Waals surface area (Å²) in [4.78, 5) is 10.7. The van der Waals surface area contributed by atoms with Crippen LogP contribution in [-0.4, -0.2) is 26.8 Å². The minimum atomic E-state index is -0.369. The quantitative estimate of drug-likeness (QED) is 0.262. The van der Waals surface area contributed by atoms with Crippen molar-refractivity contribution in [2.24, 2.45) is 0 Å². The van der Waals surface area contributed by atoms with Crippen LogP contribution in [0.15, 0.2) is 53.7 Å². The molecule has 1 heterocycles. The molecule has 0 N–H and O–H groups in total. The van der Waals surface area contributed by atoms with Gasteiger partial charge in [0, 0.05) is 29.5 Å². The van der Waals surface area contributed by atoms with Crippen molar-refractivity contribution in [2.75, 3.05) is 7.11 Å². The number of non-ortho nitro benzene ring substituents is 1. The first-order chi connectivity index (χ1) is 14.0. The molecule has 0 aliphatic carbocycles. The Morgan fingerprint density at radius 2 is 1.97 bits per heavy atom. The van der Waals surface area contributed by atoms with Gasteiger partial charge in [0.15, 0.2) is 11.0 Å². The number of hydrogen-bond acceptors (Lipinski definition) is 6. The standard InChI is InChI=1S/C21H24N4O3S/c1-4-5-13-24-20(16-9-11-19(28-3)12-10-16)22-23-21(24)29-15(2)17-7-6-8-18(14-17)25(26)27/h6-12,14-15H,4-5,13H2,1-3H3/t15-/m0/s1. The van der Waals surface area contributed by atoms with Gasteiger partial charge in [-0.1, -0.05) is 37.2 Å². The van der Waals surface area contributed by atoms with Crippen LogP contribution in [-0.2, 0) is 6.54 Å². The summed E-state index contributed by atoms with van der Waals surface area (Å²) in [5, 5.41) is 20.7. The highest BCUT2D eigenvalue weighted by molar-refractivity contribution is 7.99. The minimum Gasteiger partial charge on any atom is -0.497 e. The number of methoxy groups -OCH3 is 1. The third-order valence-corrected chi connectivity index (χ3v) is 5.77. The summed E-state index contributed by atoms with van der Waals surface area (Å²) in [7, 11) is 1.64. The van der Waals surface area contributed by atoms with Gasteiger partial charge in [0.05, 0.1) is 12.0 Å². The molecule has 0 bridgehead atoms. The van der Waals surface area contributed by atoms with Crippen LogP contribution in [0.2, 0.25) is 0 Å². The van der Waals surface area contributed by atoms with Crippen molar-refractivity contribution in [3.8, 4) is 17.1 Å². The predicted molar refractivity (Wildman–Crippen MR) is 114 cm³/mol. The van der Waals surface area contributed by atoms with E-state index in [1.807, 2.05) is 37.3 Å². The lowest BCUT2D eigenvalue weighted by Gasteiger charge is -2.14. The first kappa shape index (κ1) is 20.9. The fraction of sp³-hybridized carbons (Fsp3) is 0.333. The summed E-state index contributed by atoms with van der Waals surface area (Å²) in [6.45, 7) is 4.99. The molecule has 8 heteroatoms. The Kier molecular flexibility index (Phi) is 6.87. The predicted octanol–water partition coefficient (Wildman–Crippen LogP) is 5.52. The molecule has 0 aliphatic rings. The highest BCUT2D eigenvalue weighted by Crippen LogP contribution is 2.36. The zero-order valence-electron chi connectivity index (χ0n) is 16.7. The fourth-order valence-corrected chi connectivity index (χ4v) is 3.96. The number of rotatable bonds is 9. The zero-order valence-corrected chi connectivity index (χ0v) is 17.6. The Morgan fingerprint density at radius 1 is 1.21 bits per heavy atom. The summed E-state index contributed by atoms with van der Waals surface area (Å²) in [5.41, 5.74) is 1.96. The average Bonchev–Trinajstić information content (AvgIpc) is 3.14. The molecule has 0 aliphatic heterocycles.